The zero-order valence-corrected chi connectivity index (χ0v) is 13.8. The minimum Gasteiger partial charge on any atom is -0.467 e. The van der Waals surface area contributed by atoms with E-state index in [1.165, 1.54) is 0 Å². The smallest absolute Gasteiger partial charge is 0.254 e. The molecule has 1 N–H and O–H groups in total. The summed E-state index contributed by atoms with van der Waals surface area (Å²) in [4.78, 5) is 14.6. The van der Waals surface area contributed by atoms with Crippen LogP contribution in [0, 0.1) is 0 Å². The number of nitrogens with zero attached hydrogens (tertiary/aromatic N) is 1. The summed E-state index contributed by atoms with van der Waals surface area (Å²) in [7, 11) is 1.76. The Morgan fingerprint density at radius 1 is 1.30 bits per heavy atom. The largest absolute Gasteiger partial charge is 0.467 e. The summed E-state index contributed by atoms with van der Waals surface area (Å²) in [5.41, 5.74) is 0.613. The van der Waals surface area contributed by atoms with Gasteiger partial charge in [0.25, 0.3) is 5.91 Å². The highest BCUT2D eigenvalue weighted by Crippen LogP contribution is 2.21. The minimum absolute atomic E-state index is 0.0390. The van der Waals surface area contributed by atoms with E-state index < -0.39 is 0 Å². The minimum atomic E-state index is -0.0390. The fourth-order valence-electron chi connectivity index (χ4n) is 3.27. The van der Waals surface area contributed by atoms with E-state index in [9.17, 15) is 4.79 Å². The van der Waals surface area contributed by atoms with Crippen LogP contribution in [-0.4, -0.2) is 56.4 Å². The second-order valence-corrected chi connectivity index (χ2v) is 6.37. The summed E-state index contributed by atoms with van der Waals surface area (Å²) in [5, 5.41) is 3.11. The number of hydrogen-bond acceptors (Lipinski definition) is 5. The summed E-state index contributed by atoms with van der Waals surface area (Å²) >= 11 is 0. The average molecular weight is 322 g/mol. The van der Waals surface area contributed by atoms with Gasteiger partial charge in [0.15, 0.2) is 0 Å². The molecule has 0 bridgehead atoms. The third-order valence-corrected chi connectivity index (χ3v) is 4.74. The first-order valence-corrected chi connectivity index (χ1v) is 8.46. The van der Waals surface area contributed by atoms with Crippen molar-refractivity contribution in [3.63, 3.8) is 0 Å². The van der Waals surface area contributed by atoms with Gasteiger partial charge in [-0.15, -0.1) is 0 Å². The molecule has 6 heteroatoms. The van der Waals surface area contributed by atoms with Crippen molar-refractivity contribution < 1.29 is 18.7 Å². The van der Waals surface area contributed by atoms with Crippen LogP contribution in [0.15, 0.2) is 16.7 Å². The van der Waals surface area contributed by atoms with Gasteiger partial charge < -0.3 is 19.2 Å². The van der Waals surface area contributed by atoms with Crippen LogP contribution in [0.5, 0.6) is 0 Å². The van der Waals surface area contributed by atoms with Crippen molar-refractivity contribution in [3.8, 4) is 0 Å². The summed E-state index contributed by atoms with van der Waals surface area (Å²) in [6.45, 7) is 4.07. The highest BCUT2D eigenvalue weighted by atomic mass is 16.5. The Kier molecular flexibility index (Phi) is 5.70. The summed E-state index contributed by atoms with van der Waals surface area (Å²) in [6.07, 6.45) is 5.87. The molecule has 1 aromatic heterocycles. The number of rotatable bonds is 5. The average Bonchev–Trinajstić information content (AvgIpc) is 3.05. The first-order valence-electron chi connectivity index (χ1n) is 8.46. The standard InChI is InChI=1S/C17H26N2O4/c1-21-15-4-2-14(3-5-15)18-17(20)13-10-16(23-12-13)11-19-6-8-22-9-7-19/h10,12,14-15H,2-9,11H2,1H3,(H,18,20). The molecule has 1 aliphatic heterocycles. The zero-order valence-electron chi connectivity index (χ0n) is 13.8. The Labute approximate surface area is 137 Å². The third-order valence-electron chi connectivity index (χ3n) is 4.74. The van der Waals surface area contributed by atoms with Gasteiger partial charge in [0.05, 0.1) is 31.4 Å². The lowest BCUT2D eigenvalue weighted by molar-refractivity contribution is 0.0313. The topological polar surface area (TPSA) is 63.9 Å². The van der Waals surface area contributed by atoms with E-state index in [4.69, 9.17) is 13.9 Å². The molecular weight excluding hydrogens is 296 g/mol. The fraction of sp³-hybridized carbons (Fsp3) is 0.706. The van der Waals surface area contributed by atoms with E-state index in [0.29, 0.717) is 11.7 Å². The molecule has 0 radical (unpaired) electrons. The molecule has 1 saturated carbocycles. The normalized spacial score (nSPS) is 26.1. The molecule has 2 aliphatic rings. The molecule has 2 heterocycles. The van der Waals surface area contributed by atoms with Crippen LogP contribution in [0.1, 0.15) is 41.8 Å². The number of ether oxygens (including phenoxy) is 2. The number of nitrogens with one attached hydrogen (secondary N) is 1. The van der Waals surface area contributed by atoms with Crippen LogP contribution in [0.25, 0.3) is 0 Å². The molecule has 0 atom stereocenters. The molecule has 0 aromatic carbocycles. The van der Waals surface area contributed by atoms with E-state index in [1.54, 1.807) is 13.4 Å². The van der Waals surface area contributed by atoms with Crippen LogP contribution in [-0.2, 0) is 16.0 Å². The Morgan fingerprint density at radius 2 is 2.04 bits per heavy atom. The molecule has 1 aromatic rings. The predicted molar refractivity (Wildman–Crippen MR) is 85.3 cm³/mol. The van der Waals surface area contributed by atoms with E-state index in [-0.39, 0.29) is 11.9 Å². The molecule has 23 heavy (non-hydrogen) atoms. The van der Waals surface area contributed by atoms with Gasteiger partial charge in [0, 0.05) is 26.2 Å². The van der Waals surface area contributed by atoms with Gasteiger partial charge in [-0.2, -0.15) is 0 Å². The molecule has 1 saturated heterocycles. The van der Waals surface area contributed by atoms with Crippen LogP contribution in [0.3, 0.4) is 0 Å². The van der Waals surface area contributed by atoms with Crippen LogP contribution in [0.2, 0.25) is 0 Å². The van der Waals surface area contributed by atoms with Crippen molar-refractivity contribution in [2.75, 3.05) is 33.4 Å². The van der Waals surface area contributed by atoms with E-state index in [1.807, 2.05) is 6.07 Å². The van der Waals surface area contributed by atoms with Crippen molar-refractivity contribution >= 4 is 5.91 Å². The van der Waals surface area contributed by atoms with Crippen molar-refractivity contribution in [2.45, 2.75) is 44.4 Å². The number of carbonyl (C=O) groups excluding carboxylic acids is 1. The number of amides is 1. The second-order valence-electron chi connectivity index (χ2n) is 6.37. The molecule has 2 fully saturated rings. The number of furan rings is 1. The van der Waals surface area contributed by atoms with Crippen molar-refractivity contribution in [2.24, 2.45) is 0 Å². The summed E-state index contributed by atoms with van der Waals surface area (Å²) in [6, 6.07) is 2.09. The number of hydrogen-bond donors (Lipinski definition) is 1. The van der Waals surface area contributed by atoms with Gasteiger partial charge in [0.2, 0.25) is 0 Å². The zero-order chi connectivity index (χ0) is 16.1. The maximum atomic E-state index is 12.3. The van der Waals surface area contributed by atoms with Crippen molar-refractivity contribution in [1.82, 2.24) is 10.2 Å². The second kappa shape index (κ2) is 7.95. The molecule has 1 amide bonds. The highest BCUT2D eigenvalue weighted by Gasteiger charge is 2.23. The number of carbonyl (C=O) groups is 1. The quantitative estimate of drug-likeness (QED) is 0.895. The first kappa shape index (κ1) is 16.5. The maximum Gasteiger partial charge on any atom is 0.254 e. The summed E-state index contributed by atoms with van der Waals surface area (Å²) in [5.74, 6) is 0.794. The van der Waals surface area contributed by atoms with Gasteiger partial charge in [-0.3, -0.25) is 9.69 Å². The fourth-order valence-corrected chi connectivity index (χ4v) is 3.27. The van der Waals surface area contributed by atoms with E-state index >= 15 is 0 Å². The van der Waals surface area contributed by atoms with E-state index in [0.717, 1.165) is 64.3 Å². The molecule has 128 valence electrons. The van der Waals surface area contributed by atoms with Gasteiger partial charge >= 0.3 is 0 Å². The van der Waals surface area contributed by atoms with Crippen LogP contribution >= 0.6 is 0 Å². The number of methoxy groups -OCH3 is 1. The highest BCUT2D eigenvalue weighted by molar-refractivity contribution is 5.94. The Balaban J connectivity index is 1.48. The Morgan fingerprint density at radius 3 is 2.74 bits per heavy atom. The molecule has 0 unspecified atom stereocenters. The van der Waals surface area contributed by atoms with Crippen LogP contribution in [0.4, 0.5) is 0 Å². The third kappa shape index (κ3) is 4.56. The monoisotopic (exact) mass is 322 g/mol. The van der Waals surface area contributed by atoms with Crippen LogP contribution < -0.4 is 5.32 Å². The lowest BCUT2D eigenvalue weighted by Crippen LogP contribution is -2.38. The molecule has 3 rings (SSSR count). The van der Waals surface area contributed by atoms with Gasteiger partial charge in [-0.25, -0.2) is 0 Å². The van der Waals surface area contributed by atoms with Gasteiger partial charge in [0.1, 0.15) is 12.0 Å². The molecule has 6 nitrogen and oxygen atoms in total. The maximum absolute atomic E-state index is 12.3. The molecular formula is C17H26N2O4. The van der Waals surface area contributed by atoms with Crippen molar-refractivity contribution in [1.29, 1.82) is 0 Å². The van der Waals surface area contributed by atoms with Crippen molar-refractivity contribution in [3.05, 3.63) is 23.7 Å². The Bertz CT molecular complexity index is 502. The van der Waals surface area contributed by atoms with E-state index in [2.05, 4.69) is 10.2 Å². The molecule has 0 spiro atoms. The lowest BCUT2D eigenvalue weighted by atomic mass is 9.93. The number of morpholine rings is 1. The molecule has 1 aliphatic carbocycles. The first-order chi connectivity index (χ1) is 11.2. The predicted octanol–water partition coefficient (Wildman–Crippen LogP) is 1.80. The Hall–Kier alpha value is -1.37. The SMILES string of the molecule is COC1CCC(NC(=O)c2coc(CN3CCOCC3)c2)CC1. The van der Waals surface area contributed by atoms with Gasteiger partial charge in [-0.1, -0.05) is 0 Å². The van der Waals surface area contributed by atoms with Gasteiger partial charge in [-0.05, 0) is 31.7 Å². The summed E-state index contributed by atoms with van der Waals surface area (Å²) < 4.78 is 16.2. The lowest BCUT2D eigenvalue weighted by Gasteiger charge is -2.28.